The summed E-state index contributed by atoms with van der Waals surface area (Å²) in [4.78, 5) is 34.9. The average Bonchev–Trinajstić information content (AvgIpc) is 3.69. The van der Waals surface area contributed by atoms with E-state index < -0.39 is 23.7 Å². The van der Waals surface area contributed by atoms with Crippen molar-refractivity contribution in [3.8, 4) is 17.3 Å². The van der Waals surface area contributed by atoms with Gasteiger partial charge in [-0.3, -0.25) is 4.79 Å². The minimum Gasteiger partial charge on any atom is -0.469 e. The van der Waals surface area contributed by atoms with Crippen LogP contribution in [0.25, 0.3) is 11.6 Å². The van der Waals surface area contributed by atoms with E-state index in [2.05, 4.69) is 21.7 Å². The summed E-state index contributed by atoms with van der Waals surface area (Å²) in [5.41, 5.74) is 3.22. The van der Waals surface area contributed by atoms with Crippen LogP contribution in [0.5, 0.6) is 5.75 Å². The van der Waals surface area contributed by atoms with E-state index in [1.165, 1.54) is 7.11 Å². The predicted octanol–water partition coefficient (Wildman–Crippen LogP) is 4.66. The molecule has 3 unspecified atom stereocenters. The van der Waals surface area contributed by atoms with Crippen LogP contribution in [-0.4, -0.2) is 35.2 Å². The number of aryl methyl sites for hydroxylation is 2. The number of rotatable bonds is 3. The molecule has 2 N–H and O–H groups in total. The van der Waals surface area contributed by atoms with Crippen molar-refractivity contribution in [2.45, 2.75) is 51.3 Å². The highest BCUT2D eigenvalue weighted by Crippen LogP contribution is 2.59. The molecule has 2 aromatic carbocycles. The normalized spacial score (nSPS) is 22.4. The number of esters is 1. The van der Waals surface area contributed by atoms with Gasteiger partial charge in [-0.15, -0.1) is 0 Å². The Hall–Kier alpha value is -4.60. The molecule has 5 heterocycles. The van der Waals surface area contributed by atoms with Crippen LogP contribution in [0.1, 0.15) is 70.9 Å². The molecule has 3 aliphatic heterocycles. The van der Waals surface area contributed by atoms with E-state index in [4.69, 9.17) is 23.3 Å². The molecule has 40 heavy (non-hydrogen) atoms. The second-order valence-electron chi connectivity index (χ2n) is 10.8. The highest BCUT2D eigenvalue weighted by molar-refractivity contribution is 5.89. The van der Waals surface area contributed by atoms with Gasteiger partial charge in [-0.05, 0) is 42.5 Å². The molecule has 1 spiro atoms. The summed E-state index contributed by atoms with van der Waals surface area (Å²) in [5, 5.41) is 6.65. The molecule has 3 aliphatic rings. The number of nitrogens with zero attached hydrogens (tertiary/aromatic N) is 2. The molecule has 10 heteroatoms. The minimum absolute atomic E-state index is 0.0290. The minimum atomic E-state index is -0.943. The molecule has 4 bridgehead atoms. The lowest BCUT2D eigenvalue weighted by Crippen LogP contribution is -2.40. The van der Waals surface area contributed by atoms with Crippen LogP contribution in [0.2, 0.25) is 0 Å². The van der Waals surface area contributed by atoms with Gasteiger partial charge in [0.05, 0.1) is 7.11 Å². The topological polar surface area (TPSA) is 129 Å². The van der Waals surface area contributed by atoms with Gasteiger partial charge in [0.15, 0.2) is 23.4 Å². The fourth-order valence-electron chi connectivity index (χ4n) is 6.06. The third-order valence-electron chi connectivity index (χ3n) is 8.02. The highest BCUT2D eigenvalue weighted by Gasteiger charge is 2.61. The largest absolute Gasteiger partial charge is 0.469 e. The first-order valence-electron chi connectivity index (χ1n) is 13.3. The first kappa shape index (κ1) is 24.4. The number of oxazole rings is 2. The van der Waals surface area contributed by atoms with Crippen LogP contribution >= 0.6 is 0 Å². The summed E-state index contributed by atoms with van der Waals surface area (Å²) in [6, 6.07) is 13.5. The van der Waals surface area contributed by atoms with Gasteiger partial charge in [0, 0.05) is 17.7 Å². The fraction of sp³-hybridized carbons (Fsp3) is 0.333. The molecule has 0 aliphatic carbocycles. The number of fused-ring (bicyclic) bond motifs is 4. The van der Waals surface area contributed by atoms with Crippen molar-refractivity contribution in [2.24, 2.45) is 5.92 Å². The fourth-order valence-corrected chi connectivity index (χ4v) is 6.06. The van der Waals surface area contributed by atoms with Crippen LogP contribution in [0, 0.1) is 12.8 Å². The Bertz CT molecular complexity index is 1690. The summed E-state index contributed by atoms with van der Waals surface area (Å²) in [5.74, 6) is 1.17. The second-order valence-corrected chi connectivity index (χ2v) is 10.8. The summed E-state index contributed by atoms with van der Waals surface area (Å²) in [6.45, 7) is 5.65. The van der Waals surface area contributed by atoms with Crippen molar-refractivity contribution < 1.29 is 27.9 Å². The van der Waals surface area contributed by atoms with E-state index in [0.717, 1.165) is 22.4 Å². The number of benzene rings is 2. The van der Waals surface area contributed by atoms with Gasteiger partial charge in [-0.1, -0.05) is 44.2 Å². The molecule has 4 aromatic rings. The molecule has 1 amide bonds. The molecular weight excluding hydrogens is 512 g/mol. The first-order chi connectivity index (χ1) is 19.3. The third-order valence-corrected chi connectivity index (χ3v) is 8.02. The Kier molecular flexibility index (Phi) is 5.32. The number of aromatic nitrogens is 2. The van der Waals surface area contributed by atoms with E-state index >= 15 is 0 Å². The lowest BCUT2D eigenvalue weighted by atomic mass is 9.72. The Morgan fingerprint density at radius 1 is 1.07 bits per heavy atom. The Labute approximate surface area is 230 Å². The quantitative estimate of drug-likeness (QED) is 0.356. The summed E-state index contributed by atoms with van der Waals surface area (Å²) < 4.78 is 24.2. The molecule has 0 saturated carbocycles. The number of ether oxygens (including phenoxy) is 2. The molecule has 7 rings (SSSR count). The van der Waals surface area contributed by atoms with E-state index in [0.29, 0.717) is 41.7 Å². The van der Waals surface area contributed by atoms with Crippen LogP contribution in [0.3, 0.4) is 0 Å². The lowest BCUT2D eigenvalue weighted by Gasteiger charge is -2.27. The highest BCUT2D eigenvalue weighted by atomic mass is 16.5. The summed E-state index contributed by atoms with van der Waals surface area (Å²) in [6.07, 6.45) is 0.344. The number of amides is 1. The SMILES string of the molecule is COC(=O)c1nc(-c2nc3oc2C24c5ccccc5NC2Oc2ccc(cc24)CCC(=O)NC3C(C)C)oc1C. The maximum Gasteiger partial charge on any atom is 0.360 e. The first-order valence-corrected chi connectivity index (χ1v) is 13.3. The van der Waals surface area contributed by atoms with Crippen LogP contribution in [0.4, 0.5) is 5.69 Å². The van der Waals surface area contributed by atoms with Gasteiger partial charge in [0.2, 0.25) is 17.7 Å². The molecular formula is C30H28N4O6. The van der Waals surface area contributed by atoms with Crippen molar-refractivity contribution in [1.29, 1.82) is 0 Å². The van der Waals surface area contributed by atoms with Gasteiger partial charge in [0.25, 0.3) is 0 Å². The zero-order chi connectivity index (χ0) is 27.8. The van der Waals surface area contributed by atoms with Crippen molar-refractivity contribution >= 4 is 17.6 Å². The Morgan fingerprint density at radius 2 is 1.90 bits per heavy atom. The smallest absolute Gasteiger partial charge is 0.360 e. The van der Waals surface area contributed by atoms with Gasteiger partial charge in [-0.25, -0.2) is 14.8 Å². The molecule has 10 nitrogen and oxygen atoms in total. The van der Waals surface area contributed by atoms with E-state index in [1.807, 2.05) is 50.2 Å². The zero-order valence-corrected chi connectivity index (χ0v) is 22.5. The summed E-state index contributed by atoms with van der Waals surface area (Å²) >= 11 is 0. The van der Waals surface area contributed by atoms with Crippen molar-refractivity contribution in [1.82, 2.24) is 15.3 Å². The molecule has 0 saturated heterocycles. The van der Waals surface area contributed by atoms with Gasteiger partial charge in [0.1, 0.15) is 23.0 Å². The van der Waals surface area contributed by atoms with Gasteiger partial charge in [-0.2, -0.15) is 0 Å². The number of hydrogen-bond donors (Lipinski definition) is 2. The summed E-state index contributed by atoms with van der Waals surface area (Å²) in [7, 11) is 1.29. The zero-order valence-electron chi connectivity index (χ0n) is 22.5. The Morgan fingerprint density at radius 3 is 2.70 bits per heavy atom. The number of para-hydroxylation sites is 1. The van der Waals surface area contributed by atoms with Crippen LogP contribution < -0.4 is 15.4 Å². The maximum atomic E-state index is 13.0. The third kappa shape index (κ3) is 3.34. The van der Waals surface area contributed by atoms with Crippen LogP contribution in [0.15, 0.2) is 51.3 Å². The number of carbonyl (C=O) groups is 2. The lowest BCUT2D eigenvalue weighted by molar-refractivity contribution is -0.122. The van der Waals surface area contributed by atoms with Gasteiger partial charge >= 0.3 is 5.97 Å². The van der Waals surface area contributed by atoms with Crippen LogP contribution in [-0.2, 0) is 21.4 Å². The molecule has 2 aromatic heterocycles. The Balaban J connectivity index is 1.57. The molecule has 0 fully saturated rings. The van der Waals surface area contributed by atoms with Crippen molar-refractivity contribution in [3.05, 3.63) is 82.3 Å². The number of methoxy groups -OCH3 is 1. The number of carbonyl (C=O) groups excluding carboxylic acids is 2. The van der Waals surface area contributed by atoms with E-state index in [1.54, 1.807) is 6.92 Å². The van der Waals surface area contributed by atoms with Gasteiger partial charge < -0.3 is 28.9 Å². The van der Waals surface area contributed by atoms with Crippen molar-refractivity contribution in [3.63, 3.8) is 0 Å². The number of nitrogens with one attached hydrogen (secondary N) is 2. The number of anilines is 1. The predicted molar refractivity (Wildman–Crippen MR) is 143 cm³/mol. The monoisotopic (exact) mass is 540 g/mol. The molecule has 204 valence electrons. The van der Waals surface area contributed by atoms with Crippen molar-refractivity contribution in [2.75, 3.05) is 12.4 Å². The number of hydrogen-bond acceptors (Lipinski definition) is 9. The van der Waals surface area contributed by atoms with E-state index in [-0.39, 0.29) is 23.4 Å². The average molecular weight is 541 g/mol. The second kappa shape index (κ2) is 8.70. The van der Waals surface area contributed by atoms with E-state index in [9.17, 15) is 9.59 Å². The maximum absolute atomic E-state index is 13.0. The molecule has 3 atom stereocenters. The standard InChI is InChI=1S/C30H28N4O6/c1-14(2)22-26-34-24(27-33-23(15(3)38-27)28(36)37-4)25(40-26)30-17-7-5-6-8-19(17)31-29(30)39-20-11-9-16(13-18(20)30)10-12-21(35)32-22/h5-9,11,13-14,22,29,31H,10,12H2,1-4H3,(H,32,35). The molecule has 0 radical (unpaired) electrons.